The van der Waals surface area contributed by atoms with Crippen molar-refractivity contribution in [2.24, 2.45) is 5.92 Å². The summed E-state index contributed by atoms with van der Waals surface area (Å²) in [6, 6.07) is 4.85. The van der Waals surface area contributed by atoms with Crippen LogP contribution in [0.1, 0.15) is 75.6 Å². The average molecular weight is 426 g/mol. The maximum Gasteiger partial charge on any atom is 0.410 e. The zero-order valence-corrected chi connectivity index (χ0v) is 19.5. The first-order chi connectivity index (χ1) is 14.8. The average Bonchev–Trinajstić information content (AvgIpc) is 3.56. The summed E-state index contributed by atoms with van der Waals surface area (Å²) in [6.45, 7) is 13.4. The SMILES string of the molecule is CCOC(=O)N1CCN(c2cc(C3CC3)c3c(c2C#N)CC(C)(C)OC3)C[C@H]1C(C)C. The molecule has 4 rings (SSSR count). The van der Waals surface area contributed by atoms with E-state index in [9.17, 15) is 10.1 Å². The minimum absolute atomic E-state index is 0.0551. The van der Waals surface area contributed by atoms with Gasteiger partial charge in [-0.1, -0.05) is 13.8 Å². The fourth-order valence-corrected chi connectivity index (χ4v) is 5.06. The van der Waals surface area contributed by atoms with Gasteiger partial charge in [0.15, 0.2) is 0 Å². The fourth-order valence-electron chi connectivity index (χ4n) is 5.06. The van der Waals surface area contributed by atoms with Crippen LogP contribution in [0.15, 0.2) is 6.07 Å². The Balaban J connectivity index is 1.72. The summed E-state index contributed by atoms with van der Waals surface area (Å²) in [5, 5.41) is 10.2. The van der Waals surface area contributed by atoms with Crippen LogP contribution in [0.5, 0.6) is 0 Å². The number of nitriles is 1. The van der Waals surface area contributed by atoms with E-state index in [1.165, 1.54) is 29.5 Å². The number of piperazine rings is 1. The fraction of sp³-hybridized carbons (Fsp3) is 0.680. The van der Waals surface area contributed by atoms with Crippen LogP contribution in [0.2, 0.25) is 0 Å². The Hall–Kier alpha value is -2.26. The zero-order valence-electron chi connectivity index (χ0n) is 19.5. The van der Waals surface area contributed by atoms with Crippen molar-refractivity contribution in [1.82, 2.24) is 4.90 Å². The topological polar surface area (TPSA) is 65.8 Å². The number of amides is 1. The van der Waals surface area contributed by atoms with E-state index < -0.39 is 0 Å². The van der Waals surface area contributed by atoms with E-state index in [1.807, 2.05) is 11.8 Å². The Kier molecular flexibility index (Phi) is 5.91. The minimum Gasteiger partial charge on any atom is -0.450 e. The number of hydrogen-bond donors (Lipinski definition) is 0. The summed E-state index contributed by atoms with van der Waals surface area (Å²) >= 11 is 0. The Morgan fingerprint density at radius 3 is 2.68 bits per heavy atom. The van der Waals surface area contributed by atoms with Crippen molar-refractivity contribution in [3.05, 3.63) is 28.3 Å². The van der Waals surface area contributed by atoms with E-state index in [1.54, 1.807) is 0 Å². The van der Waals surface area contributed by atoms with Gasteiger partial charge in [-0.25, -0.2) is 4.79 Å². The molecule has 0 N–H and O–H groups in total. The molecule has 2 aliphatic heterocycles. The predicted molar refractivity (Wildman–Crippen MR) is 120 cm³/mol. The first-order valence-corrected chi connectivity index (χ1v) is 11.7. The lowest BCUT2D eigenvalue weighted by molar-refractivity contribution is -0.0405. The number of ether oxygens (including phenoxy) is 2. The highest BCUT2D eigenvalue weighted by molar-refractivity contribution is 5.71. The number of carbonyl (C=O) groups is 1. The third kappa shape index (κ3) is 4.25. The molecule has 0 spiro atoms. The van der Waals surface area contributed by atoms with Crippen LogP contribution in [0.3, 0.4) is 0 Å². The summed E-state index contributed by atoms with van der Waals surface area (Å²) < 4.78 is 11.4. The quantitative estimate of drug-likeness (QED) is 0.706. The lowest BCUT2D eigenvalue weighted by Gasteiger charge is -2.44. The van der Waals surface area contributed by atoms with Gasteiger partial charge in [0.25, 0.3) is 0 Å². The number of hydrogen-bond acceptors (Lipinski definition) is 5. The van der Waals surface area contributed by atoms with Crippen molar-refractivity contribution in [2.75, 3.05) is 31.1 Å². The van der Waals surface area contributed by atoms with Gasteiger partial charge in [0.1, 0.15) is 6.07 Å². The molecule has 6 nitrogen and oxygen atoms in total. The molecule has 1 amide bonds. The summed E-state index contributed by atoms with van der Waals surface area (Å²) in [5.74, 6) is 0.886. The minimum atomic E-state index is -0.263. The van der Waals surface area contributed by atoms with Crippen molar-refractivity contribution in [1.29, 1.82) is 5.26 Å². The molecule has 6 heteroatoms. The smallest absolute Gasteiger partial charge is 0.410 e. The molecule has 2 fully saturated rings. The van der Waals surface area contributed by atoms with Crippen molar-refractivity contribution in [3.63, 3.8) is 0 Å². The Morgan fingerprint density at radius 2 is 2.06 bits per heavy atom. The first-order valence-electron chi connectivity index (χ1n) is 11.7. The van der Waals surface area contributed by atoms with Gasteiger partial charge < -0.3 is 19.3 Å². The van der Waals surface area contributed by atoms with Crippen LogP contribution < -0.4 is 4.90 Å². The molecule has 1 atom stereocenters. The van der Waals surface area contributed by atoms with Gasteiger partial charge in [0, 0.05) is 26.1 Å². The molecule has 0 radical (unpaired) electrons. The Labute approximate surface area is 186 Å². The normalized spacial score (nSPS) is 22.8. The third-order valence-corrected chi connectivity index (χ3v) is 6.93. The molecule has 168 valence electrons. The summed E-state index contributed by atoms with van der Waals surface area (Å²) in [6.07, 6.45) is 2.96. The predicted octanol–water partition coefficient (Wildman–Crippen LogP) is 4.59. The molecular weight excluding hydrogens is 390 g/mol. The zero-order chi connectivity index (χ0) is 22.3. The van der Waals surface area contributed by atoms with Gasteiger partial charge >= 0.3 is 6.09 Å². The highest BCUT2D eigenvalue weighted by Crippen LogP contribution is 2.47. The molecule has 1 aromatic rings. The van der Waals surface area contributed by atoms with Crippen LogP contribution in [-0.2, 0) is 22.5 Å². The standard InChI is InChI=1S/C25H35N3O3/c1-6-30-24(29)28-10-9-27(14-23(28)16(2)3)22-11-18(17-7-8-17)21-15-31-25(4,5)12-19(21)20(22)13-26/h11,16-17,23H,6-10,12,14-15H2,1-5H3/t23-/m0/s1. The molecule has 0 unspecified atom stereocenters. The van der Waals surface area contributed by atoms with E-state index in [0.29, 0.717) is 44.7 Å². The molecular formula is C25H35N3O3. The van der Waals surface area contributed by atoms with Crippen LogP contribution in [0.25, 0.3) is 0 Å². The molecule has 31 heavy (non-hydrogen) atoms. The van der Waals surface area contributed by atoms with E-state index in [-0.39, 0.29) is 17.7 Å². The number of fused-ring (bicyclic) bond motifs is 1. The van der Waals surface area contributed by atoms with Crippen molar-refractivity contribution in [3.8, 4) is 6.07 Å². The van der Waals surface area contributed by atoms with Gasteiger partial charge in [0.05, 0.1) is 36.1 Å². The van der Waals surface area contributed by atoms with Gasteiger partial charge in [-0.15, -0.1) is 0 Å². The molecule has 0 bridgehead atoms. The summed E-state index contributed by atoms with van der Waals surface area (Å²) in [5.41, 5.74) is 5.35. The largest absolute Gasteiger partial charge is 0.450 e. The van der Waals surface area contributed by atoms with Crippen molar-refractivity contribution in [2.45, 2.75) is 78.0 Å². The van der Waals surface area contributed by atoms with Gasteiger partial charge in [-0.05, 0) is 68.2 Å². The molecule has 1 aliphatic carbocycles. The summed E-state index contributed by atoms with van der Waals surface area (Å²) in [7, 11) is 0. The van der Waals surface area contributed by atoms with Crippen LogP contribution in [-0.4, -0.2) is 48.9 Å². The molecule has 1 saturated heterocycles. The molecule has 1 aromatic carbocycles. The molecule has 1 saturated carbocycles. The van der Waals surface area contributed by atoms with E-state index in [0.717, 1.165) is 17.7 Å². The van der Waals surface area contributed by atoms with Crippen molar-refractivity contribution >= 4 is 11.8 Å². The maximum absolute atomic E-state index is 12.5. The van der Waals surface area contributed by atoms with E-state index >= 15 is 0 Å². The molecule has 3 aliphatic rings. The maximum atomic E-state index is 12.5. The van der Waals surface area contributed by atoms with Gasteiger partial charge in [-0.3, -0.25) is 0 Å². The van der Waals surface area contributed by atoms with Crippen LogP contribution >= 0.6 is 0 Å². The summed E-state index contributed by atoms with van der Waals surface area (Å²) in [4.78, 5) is 16.7. The second-order valence-corrected chi connectivity index (χ2v) is 10.1. The number of anilines is 1. The second kappa shape index (κ2) is 8.35. The van der Waals surface area contributed by atoms with E-state index in [2.05, 4.69) is 44.7 Å². The number of nitrogens with zero attached hydrogens (tertiary/aromatic N) is 3. The van der Waals surface area contributed by atoms with Crippen LogP contribution in [0, 0.1) is 17.2 Å². The molecule has 0 aromatic heterocycles. The Morgan fingerprint density at radius 1 is 1.32 bits per heavy atom. The monoisotopic (exact) mass is 425 g/mol. The molecule has 2 heterocycles. The second-order valence-electron chi connectivity index (χ2n) is 10.1. The number of rotatable bonds is 4. The lowest BCUT2D eigenvalue weighted by Crippen LogP contribution is -2.57. The third-order valence-electron chi connectivity index (χ3n) is 6.93. The lowest BCUT2D eigenvalue weighted by atomic mass is 9.83. The van der Waals surface area contributed by atoms with Crippen LogP contribution in [0.4, 0.5) is 10.5 Å². The van der Waals surface area contributed by atoms with E-state index in [4.69, 9.17) is 9.47 Å². The number of benzene rings is 1. The number of carbonyl (C=O) groups excluding carboxylic acids is 1. The van der Waals surface area contributed by atoms with Gasteiger partial charge in [0.2, 0.25) is 0 Å². The van der Waals surface area contributed by atoms with Crippen molar-refractivity contribution < 1.29 is 14.3 Å². The Bertz CT molecular complexity index is 898. The van der Waals surface area contributed by atoms with Gasteiger partial charge in [-0.2, -0.15) is 5.26 Å². The highest BCUT2D eigenvalue weighted by Gasteiger charge is 2.38. The first kappa shape index (κ1) is 22.0. The highest BCUT2D eigenvalue weighted by atomic mass is 16.6.